The SMILES string of the molecule is CC(Cl)C1CCN(C(=O)c2ccn(C)n2)CC1. The summed E-state index contributed by atoms with van der Waals surface area (Å²) in [7, 11) is 1.82. The molecule has 2 heterocycles. The molecule has 0 saturated carbocycles. The van der Waals surface area contributed by atoms with E-state index in [0.717, 1.165) is 25.9 Å². The Hall–Kier alpha value is -1.03. The normalized spacial score (nSPS) is 19.4. The monoisotopic (exact) mass is 255 g/mol. The fourth-order valence-electron chi connectivity index (χ4n) is 2.25. The molecule has 17 heavy (non-hydrogen) atoms. The van der Waals surface area contributed by atoms with Crippen molar-refractivity contribution >= 4 is 17.5 Å². The van der Waals surface area contributed by atoms with Crippen LogP contribution in [0.1, 0.15) is 30.3 Å². The lowest BCUT2D eigenvalue weighted by Gasteiger charge is -2.32. The minimum Gasteiger partial charge on any atom is -0.337 e. The maximum absolute atomic E-state index is 12.1. The number of rotatable bonds is 2. The van der Waals surface area contributed by atoms with Crippen LogP contribution >= 0.6 is 11.6 Å². The van der Waals surface area contributed by atoms with Crippen LogP contribution in [-0.2, 0) is 7.05 Å². The Morgan fingerprint density at radius 3 is 2.65 bits per heavy atom. The maximum Gasteiger partial charge on any atom is 0.274 e. The van der Waals surface area contributed by atoms with Gasteiger partial charge in [-0.25, -0.2) is 0 Å². The molecule has 0 aromatic carbocycles. The van der Waals surface area contributed by atoms with E-state index in [1.807, 2.05) is 18.9 Å². The highest BCUT2D eigenvalue weighted by molar-refractivity contribution is 6.20. The topological polar surface area (TPSA) is 38.1 Å². The average Bonchev–Trinajstić information content (AvgIpc) is 2.75. The van der Waals surface area contributed by atoms with Crippen molar-refractivity contribution in [1.82, 2.24) is 14.7 Å². The molecule has 0 radical (unpaired) electrons. The van der Waals surface area contributed by atoms with Crippen molar-refractivity contribution in [1.29, 1.82) is 0 Å². The molecule has 4 nitrogen and oxygen atoms in total. The van der Waals surface area contributed by atoms with Crippen LogP contribution in [0.4, 0.5) is 0 Å². The zero-order chi connectivity index (χ0) is 12.4. The van der Waals surface area contributed by atoms with Crippen LogP contribution in [0.5, 0.6) is 0 Å². The van der Waals surface area contributed by atoms with Gasteiger partial charge in [-0.3, -0.25) is 9.48 Å². The van der Waals surface area contributed by atoms with E-state index in [1.165, 1.54) is 0 Å². The van der Waals surface area contributed by atoms with Crippen LogP contribution in [0, 0.1) is 5.92 Å². The van der Waals surface area contributed by atoms with Crippen LogP contribution < -0.4 is 0 Å². The van der Waals surface area contributed by atoms with Gasteiger partial charge in [-0.05, 0) is 31.7 Å². The summed E-state index contributed by atoms with van der Waals surface area (Å²) in [4.78, 5) is 14.0. The van der Waals surface area contributed by atoms with Gasteiger partial charge in [-0.1, -0.05) is 0 Å². The Labute approximate surface area is 107 Å². The molecule has 1 aliphatic heterocycles. The van der Waals surface area contributed by atoms with Crippen molar-refractivity contribution in [2.75, 3.05) is 13.1 Å². The van der Waals surface area contributed by atoms with E-state index in [4.69, 9.17) is 11.6 Å². The van der Waals surface area contributed by atoms with Gasteiger partial charge >= 0.3 is 0 Å². The summed E-state index contributed by atoms with van der Waals surface area (Å²) in [6, 6.07) is 1.76. The van der Waals surface area contributed by atoms with Crippen molar-refractivity contribution in [2.24, 2.45) is 13.0 Å². The molecule has 1 saturated heterocycles. The molecule has 0 bridgehead atoms. The van der Waals surface area contributed by atoms with Crippen LogP contribution in [0.2, 0.25) is 0 Å². The summed E-state index contributed by atoms with van der Waals surface area (Å²) >= 11 is 6.09. The zero-order valence-electron chi connectivity index (χ0n) is 10.3. The standard InChI is InChI=1S/C12H18ClN3O/c1-9(13)10-3-7-16(8-4-10)12(17)11-5-6-15(2)14-11/h5-6,9-10H,3-4,7-8H2,1-2H3. The second-order valence-corrected chi connectivity index (χ2v) is 5.37. The van der Waals surface area contributed by atoms with Gasteiger partial charge in [0.25, 0.3) is 5.91 Å². The van der Waals surface area contributed by atoms with E-state index >= 15 is 0 Å². The lowest BCUT2D eigenvalue weighted by molar-refractivity contribution is 0.0683. The van der Waals surface area contributed by atoms with Gasteiger partial charge in [0.2, 0.25) is 0 Å². The molecule has 1 atom stereocenters. The maximum atomic E-state index is 12.1. The number of likely N-dealkylation sites (tertiary alicyclic amines) is 1. The van der Waals surface area contributed by atoms with Gasteiger partial charge < -0.3 is 4.90 Å². The van der Waals surface area contributed by atoms with E-state index in [2.05, 4.69) is 5.10 Å². The van der Waals surface area contributed by atoms with Gasteiger partial charge in [0.15, 0.2) is 0 Å². The zero-order valence-corrected chi connectivity index (χ0v) is 11.0. The molecule has 1 amide bonds. The summed E-state index contributed by atoms with van der Waals surface area (Å²) in [5, 5.41) is 4.34. The molecule has 1 aromatic rings. The Morgan fingerprint density at radius 2 is 2.18 bits per heavy atom. The quantitative estimate of drug-likeness (QED) is 0.757. The smallest absolute Gasteiger partial charge is 0.274 e. The Bertz CT molecular complexity index is 394. The van der Waals surface area contributed by atoms with Crippen molar-refractivity contribution in [3.05, 3.63) is 18.0 Å². The molecule has 5 heteroatoms. The van der Waals surface area contributed by atoms with Crippen LogP contribution in [0.3, 0.4) is 0 Å². The van der Waals surface area contributed by atoms with Crippen LogP contribution in [-0.4, -0.2) is 39.1 Å². The Morgan fingerprint density at radius 1 is 1.53 bits per heavy atom. The minimum absolute atomic E-state index is 0.0336. The number of aryl methyl sites for hydroxylation is 1. The third-order valence-corrected chi connectivity index (χ3v) is 3.77. The molecule has 94 valence electrons. The molecule has 0 spiro atoms. The molecule has 2 rings (SSSR count). The number of alkyl halides is 1. The van der Waals surface area contributed by atoms with Crippen molar-refractivity contribution in [2.45, 2.75) is 25.1 Å². The number of piperidine rings is 1. The molecule has 1 aromatic heterocycles. The van der Waals surface area contributed by atoms with E-state index in [-0.39, 0.29) is 11.3 Å². The largest absolute Gasteiger partial charge is 0.337 e. The lowest BCUT2D eigenvalue weighted by Crippen LogP contribution is -2.40. The van der Waals surface area contributed by atoms with Gasteiger partial charge in [0.1, 0.15) is 5.69 Å². The summed E-state index contributed by atoms with van der Waals surface area (Å²) in [6.45, 7) is 3.61. The summed E-state index contributed by atoms with van der Waals surface area (Å²) in [5.41, 5.74) is 0.532. The molecular formula is C12H18ClN3O. The van der Waals surface area contributed by atoms with Crippen molar-refractivity contribution in [3.8, 4) is 0 Å². The van der Waals surface area contributed by atoms with E-state index in [0.29, 0.717) is 11.6 Å². The highest BCUT2D eigenvalue weighted by Gasteiger charge is 2.26. The van der Waals surface area contributed by atoms with E-state index < -0.39 is 0 Å². The highest BCUT2D eigenvalue weighted by atomic mass is 35.5. The summed E-state index contributed by atoms with van der Waals surface area (Å²) in [6.07, 6.45) is 3.77. The van der Waals surface area contributed by atoms with Gasteiger partial charge in [0, 0.05) is 31.7 Å². The number of halogens is 1. The number of hydrogen-bond donors (Lipinski definition) is 0. The molecule has 1 unspecified atom stereocenters. The summed E-state index contributed by atoms with van der Waals surface area (Å²) in [5.74, 6) is 0.565. The van der Waals surface area contributed by atoms with Gasteiger partial charge in [-0.2, -0.15) is 5.10 Å². The average molecular weight is 256 g/mol. The van der Waals surface area contributed by atoms with Crippen LogP contribution in [0.15, 0.2) is 12.3 Å². The van der Waals surface area contributed by atoms with Crippen molar-refractivity contribution < 1.29 is 4.79 Å². The molecule has 1 fully saturated rings. The lowest BCUT2D eigenvalue weighted by atomic mass is 9.94. The first-order valence-corrected chi connectivity index (χ1v) is 6.44. The van der Waals surface area contributed by atoms with Gasteiger partial charge in [-0.15, -0.1) is 11.6 Å². The Kier molecular flexibility index (Phi) is 3.72. The van der Waals surface area contributed by atoms with Crippen LogP contribution in [0.25, 0.3) is 0 Å². The van der Waals surface area contributed by atoms with Crippen molar-refractivity contribution in [3.63, 3.8) is 0 Å². The molecule has 0 N–H and O–H groups in total. The molecule has 0 aliphatic carbocycles. The summed E-state index contributed by atoms with van der Waals surface area (Å²) < 4.78 is 1.65. The number of aromatic nitrogens is 2. The first-order valence-electron chi connectivity index (χ1n) is 6.01. The fraction of sp³-hybridized carbons (Fsp3) is 0.667. The number of nitrogens with zero attached hydrogens (tertiary/aromatic N) is 3. The number of carbonyl (C=O) groups excluding carboxylic acids is 1. The third-order valence-electron chi connectivity index (χ3n) is 3.41. The second-order valence-electron chi connectivity index (χ2n) is 4.68. The van der Waals surface area contributed by atoms with Gasteiger partial charge in [0.05, 0.1) is 0 Å². The second kappa shape index (κ2) is 5.08. The first kappa shape index (κ1) is 12.4. The highest BCUT2D eigenvalue weighted by Crippen LogP contribution is 2.24. The minimum atomic E-state index is 0.0336. The number of hydrogen-bond acceptors (Lipinski definition) is 2. The molecular weight excluding hydrogens is 238 g/mol. The molecule has 1 aliphatic rings. The van der Waals surface area contributed by atoms with E-state index in [1.54, 1.807) is 16.9 Å². The number of carbonyl (C=O) groups is 1. The first-order chi connectivity index (χ1) is 8.08. The predicted molar refractivity (Wildman–Crippen MR) is 67.2 cm³/mol. The number of amides is 1. The fourth-order valence-corrected chi connectivity index (χ4v) is 2.50. The Balaban J connectivity index is 1.95. The predicted octanol–water partition coefficient (Wildman–Crippen LogP) is 1.90. The third kappa shape index (κ3) is 2.80. The van der Waals surface area contributed by atoms with E-state index in [9.17, 15) is 4.79 Å².